The molecule has 1 unspecified atom stereocenters. The van der Waals surface area contributed by atoms with Crippen molar-refractivity contribution in [1.82, 2.24) is 9.78 Å². The van der Waals surface area contributed by atoms with Gasteiger partial charge in [-0.1, -0.05) is 13.8 Å². The highest BCUT2D eigenvalue weighted by atomic mass is 15.4. The number of hydrogen-bond donors (Lipinski definition) is 1. The molecule has 114 valence electrons. The number of nitrogen functional groups attached to an aromatic ring is 1. The molecule has 1 saturated heterocycles. The summed E-state index contributed by atoms with van der Waals surface area (Å²) in [6.45, 7) is 13.2. The van der Waals surface area contributed by atoms with Gasteiger partial charge < -0.3 is 10.6 Å². The molecule has 0 bridgehead atoms. The summed E-state index contributed by atoms with van der Waals surface area (Å²) >= 11 is 0. The SMILES string of the molecule is Cc1nn(C(C)C)c(N2CCCC(C(C)C)CC2)c1N. The minimum Gasteiger partial charge on any atom is -0.394 e. The second-order valence-electron chi connectivity index (χ2n) is 6.78. The first-order valence-corrected chi connectivity index (χ1v) is 8.01. The van der Waals surface area contributed by atoms with E-state index in [2.05, 4.69) is 42.4 Å². The topological polar surface area (TPSA) is 47.1 Å². The van der Waals surface area contributed by atoms with E-state index in [1.165, 1.54) is 19.3 Å². The monoisotopic (exact) mass is 278 g/mol. The molecule has 2 rings (SSSR count). The molecular formula is C16H30N4. The Hall–Kier alpha value is -1.19. The number of nitrogens with two attached hydrogens (primary N) is 1. The summed E-state index contributed by atoms with van der Waals surface area (Å²) in [7, 11) is 0. The third-order valence-corrected chi connectivity index (χ3v) is 4.61. The van der Waals surface area contributed by atoms with E-state index in [0.717, 1.165) is 42.1 Å². The number of hydrogen-bond acceptors (Lipinski definition) is 3. The number of aromatic nitrogens is 2. The van der Waals surface area contributed by atoms with E-state index >= 15 is 0 Å². The first-order valence-electron chi connectivity index (χ1n) is 8.01. The van der Waals surface area contributed by atoms with Crippen LogP contribution < -0.4 is 10.6 Å². The quantitative estimate of drug-likeness (QED) is 0.918. The van der Waals surface area contributed by atoms with Crippen LogP contribution in [0, 0.1) is 18.8 Å². The molecule has 1 atom stereocenters. The van der Waals surface area contributed by atoms with Crippen LogP contribution in [0.2, 0.25) is 0 Å². The zero-order valence-corrected chi connectivity index (χ0v) is 13.7. The maximum absolute atomic E-state index is 6.29. The van der Waals surface area contributed by atoms with Crippen LogP contribution >= 0.6 is 0 Å². The molecule has 2 N–H and O–H groups in total. The summed E-state index contributed by atoms with van der Waals surface area (Å²) in [4.78, 5) is 2.46. The zero-order chi connectivity index (χ0) is 14.9. The Balaban J connectivity index is 2.23. The van der Waals surface area contributed by atoms with Crippen molar-refractivity contribution in [3.05, 3.63) is 5.69 Å². The van der Waals surface area contributed by atoms with Crippen LogP contribution in [-0.2, 0) is 0 Å². The van der Waals surface area contributed by atoms with Crippen molar-refractivity contribution in [1.29, 1.82) is 0 Å². The molecule has 0 amide bonds. The van der Waals surface area contributed by atoms with Crippen LogP contribution in [0.25, 0.3) is 0 Å². The van der Waals surface area contributed by atoms with E-state index in [1.54, 1.807) is 0 Å². The molecule has 0 saturated carbocycles. The molecule has 1 aliphatic rings. The Morgan fingerprint density at radius 2 is 1.85 bits per heavy atom. The van der Waals surface area contributed by atoms with Gasteiger partial charge in [0, 0.05) is 19.1 Å². The van der Waals surface area contributed by atoms with Gasteiger partial charge >= 0.3 is 0 Å². The molecule has 1 aliphatic heterocycles. The molecule has 0 radical (unpaired) electrons. The first-order chi connectivity index (χ1) is 9.41. The van der Waals surface area contributed by atoms with Crippen molar-refractivity contribution >= 4 is 11.5 Å². The normalized spacial score (nSPS) is 20.8. The Morgan fingerprint density at radius 3 is 2.45 bits per heavy atom. The molecule has 1 aromatic heterocycles. The van der Waals surface area contributed by atoms with E-state index in [9.17, 15) is 0 Å². The lowest BCUT2D eigenvalue weighted by molar-refractivity contribution is 0.351. The van der Waals surface area contributed by atoms with Crippen LogP contribution in [0.1, 0.15) is 58.7 Å². The van der Waals surface area contributed by atoms with E-state index < -0.39 is 0 Å². The number of aryl methyl sites for hydroxylation is 1. The lowest BCUT2D eigenvalue weighted by Gasteiger charge is -2.26. The lowest BCUT2D eigenvalue weighted by Crippen LogP contribution is -2.28. The summed E-state index contributed by atoms with van der Waals surface area (Å²) in [6.07, 6.45) is 3.85. The molecule has 0 aliphatic carbocycles. The molecule has 4 heteroatoms. The van der Waals surface area contributed by atoms with Gasteiger partial charge in [-0.25, -0.2) is 4.68 Å². The van der Waals surface area contributed by atoms with Crippen LogP contribution in [0.4, 0.5) is 11.5 Å². The van der Waals surface area contributed by atoms with Crippen molar-refractivity contribution in [3.63, 3.8) is 0 Å². The Morgan fingerprint density at radius 1 is 1.15 bits per heavy atom. The van der Waals surface area contributed by atoms with Crippen LogP contribution in [0.15, 0.2) is 0 Å². The maximum Gasteiger partial charge on any atom is 0.150 e. The molecule has 20 heavy (non-hydrogen) atoms. The van der Waals surface area contributed by atoms with E-state index in [1.807, 2.05) is 6.92 Å². The summed E-state index contributed by atoms with van der Waals surface area (Å²) in [5.74, 6) is 2.77. The van der Waals surface area contributed by atoms with Gasteiger partial charge in [-0.2, -0.15) is 5.10 Å². The average molecular weight is 278 g/mol. The highest BCUT2D eigenvalue weighted by Crippen LogP contribution is 2.33. The number of nitrogens with zero attached hydrogens (tertiary/aromatic N) is 3. The van der Waals surface area contributed by atoms with Crippen molar-refractivity contribution in [2.24, 2.45) is 11.8 Å². The molecule has 0 spiro atoms. The first kappa shape index (κ1) is 15.2. The van der Waals surface area contributed by atoms with Gasteiger partial charge in [-0.3, -0.25) is 0 Å². The Bertz CT molecular complexity index is 448. The largest absolute Gasteiger partial charge is 0.394 e. The Kier molecular flexibility index (Phi) is 4.61. The van der Waals surface area contributed by atoms with Crippen LogP contribution in [0.5, 0.6) is 0 Å². The molecule has 1 fully saturated rings. The zero-order valence-electron chi connectivity index (χ0n) is 13.7. The fourth-order valence-corrected chi connectivity index (χ4v) is 3.22. The maximum atomic E-state index is 6.29. The van der Waals surface area contributed by atoms with Gasteiger partial charge in [-0.15, -0.1) is 0 Å². The van der Waals surface area contributed by atoms with Crippen LogP contribution in [0.3, 0.4) is 0 Å². The standard InChI is InChI=1S/C16H30N4/c1-11(2)14-7-6-9-19(10-8-14)16-15(17)13(5)18-20(16)12(3)4/h11-12,14H,6-10,17H2,1-5H3. The second-order valence-corrected chi connectivity index (χ2v) is 6.78. The summed E-state index contributed by atoms with van der Waals surface area (Å²) in [5, 5.41) is 4.62. The molecule has 2 heterocycles. The number of rotatable bonds is 3. The van der Waals surface area contributed by atoms with Crippen molar-refractivity contribution in [3.8, 4) is 0 Å². The molecule has 1 aromatic rings. The van der Waals surface area contributed by atoms with Gasteiger partial charge in [0.25, 0.3) is 0 Å². The van der Waals surface area contributed by atoms with E-state index in [4.69, 9.17) is 5.73 Å². The highest BCUT2D eigenvalue weighted by Gasteiger charge is 2.25. The molecule has 4 nitrogen and oxygen atoms in total. The fraction of sp³-hybridized carbons (Fsp3) is 0.812. The Labute approximate surface area is 123 Å². The number of anilines is 2. The highest BCUT2D eigenvalue weighted by molar-refractivity contribution is 5.66. The summed E-state index contributed by atoms with van der Waals surface area (Å²) in [6, 6.07) is 0.352. The summed E-state index contributed by atoms with van der Waals surface area (Å²) in [5.41, 5.74) is 8.11. The van der Waals surface area contributed by atoms with Gasteiger partial charge in [0.1, 0.15) is 0 Å². The summed E-state index contributed by atoms with van der Waals surface area (Å²) < 4.78 is 2.10. The van der Waals surface area contributed by atoms with Gasteiger partial charge in [0.15, 0.2) is 5.82 Å². The van der Waals surface area contributed by atoms with Crippen molar-refractivity contribution in [2.45, 2.75) is 59.9 Å². The van der Waals surface area contributed by atoms with Crippen LogP contribution in [-0.4, -0.2) is 22.9 Å². The third kappa shape index (κ3) is 2.94. The van der Waals surface area contributed by atoms with Crippen molar-refractivity contribution in [2.75, 3.05) is 23.7 Å². The third-order valence-electron chi connectivity index (χ3n) is 4.61. The van der Waals surface area contributed by atoms with Gasteiger partial charge in [0.05, 0.1) is 11.4 Å². The van der Waals surface area contributed by atoms with E-state index in [-0.39, 0.29) is 0 Å². The molecule has 0 aromatic carbocycles. The van der Waals surface area contributed by atoms with Gasteiger partial charge in [0.2, 0.25) is 0 Å². The average Bonchev–Trinajstić information content (AvgIpc) is 2.57. The minimum atomic E-state index is 0.352. The predicted octanol–water partition coefficient (Wildman–Crippen LogP) is 3.62. The van der Waals surface area contributed by atoms with E-state index in [0.29, 0.717) is 6.04 Å². The molecular weight excluding hydrogens is 248 g/mol. The minimum absolute atomic E-state index is 0.352. The smallest absolute Gasteiger partial charge is 0.150 e. The van der Waals surface area contributed by atoms with Gasteiger partial charge in [-0.05, 0) is 51.9 Å². The fourth-order valence-electron chi connectivity index (χ4n) is 3.22. The lowest BCUT2D eigenvalue weighted by atomic mass is 9.89. The van der Waals surface area contributed by atoms with Crippen molar-refractivity contribution < 1.29 is 0 Å². The second kappa shape index (κ2) is 6.06. The predicted molar refractivity (Wildman–Crippen MR) is 86.2 cm³/mol.